The van der Waals surface area contributed by atoms with Crippen LogP contribution in [-0.4, -0.2) is 74.2 Å². The third-order valence-electron chi connectivity index (χ3n) is 4.60. The third kappa shape index (κ3) is 5.24. The molecule has 0 aromatic rings. The van der Waals surface area contributed by atoms with Gasteiger partial charge < -0.3 is 15.0 Å². The Morgan fingerprint density at radius 3 is 2.67 bits per heavy atom. The van der Waals surface area contributed by atoms with Gasteiger partial charge in [0.25, 0.3) is 0 Å². The normalized spacial score (nSPS) is 24.2. The van der Waals surface area contributed by atoms with Gasteiger partial charge in [-0.15, -0.1) is 0 Å². The monoisotopic (exact) mass is 297 g/mol. The van der Waals surface area contributed by atoms with Crippen LogP contribution in [0.15, 0.2) is 0 Å². The van der Waals surface area contributed by atoms with Crippen LogP contribution in [0, 0.1) is 0 Å². The lowest BCUT2D eigenvalue weighted by atomic mass is 9.94. The van der Waals surface area contributed by atoms with Gasteiger partial charge in [0, 0.05) is 32.2 Å². The summed E-state index contributed by atoms with van der Waals surface area (Å²) in [5.74, 6) is 0.274. The second kappa shape index (κ2) is 8.71. The highest BCUT2D eigenvalue weighted by molar-refractivity contribution is 5.78. The van der Waals surface area contributed by atoms with Crippen LogP contribution in [0.4, 0.5) is 0 Å². The molecule has 21 heavy (non-hydrogen) atoms. The Morgan fingerprint density at radius 1 is 1.29 bits per heavy atom. The number of rotatable bonds is 6. The lowest BCUT2D eigenvalue weighted by molar-refractivity contribution is -0.135. The fourth-order valence-electron chi connectivity index (χ4n) is 3.50. The number of nitrogens with zero attached hydrogens (tertiary/aromatic N) is 2. The number of hydrogen-bond acceptors (Lipinski definition) is 4. The molecule has 0 bridgehead atoms. The largest absolute Gasteiger partial charge is 0.374 e. The summed E-state index contributed by atoms with van der Waals surface area (Å²) in [6, 6.07) is 0.470. The second-order valence-electron chi connectivity index (χ2n) is 6.37. The van der Waals surface area contributed by atoms with E-state index in [9.17, 15) is 4.79 Å². The van der Waals surface area contributed by atoms with Gasteiger partial charge in [-0.2, -0.15) is 0 Å². The Bertz CT molecular complexity index is 313. The molecule has 1 atom stereocenters. The van der Waals surface area contributed by atoms with Gasteiger partial charge in [-0.1, -0.05) is 19.3 Å². The number of carbonyl (C=O) groups excluding carboxylic acids is 1. The Balaban J connectivity index is 1.77. The summed E-state index contributed by atoms with van der Waals surface area (Å²) in [6.07, 6.45) is 6.44. The summed E-state index contributed by atoms with van der Waals surface area (Å²) in [4.78, 5) is 16.7. The molecular formula is C16H31N3O2. The molecule has 0 aromatic heterocycles. The SMILES string of the molecule is CCN(C(=O)CN(C)CC1CNCCO1)C1CCCCC1. The van der Waals surface area contributed by atoms with Gasteiger partial charge in [0.2, 0.25) is 5.91 Å². The molecule has 0 radical (unpaired) electrons. The van der Waals surface area contributed by atoms with E-state index in [4.69, 9.17) is 4.74 Å². The fourth-order valence-corrected chi connectivity index (χ4v) is 3.50. The zero-order valence-electron chi connectivity index (χ0n) is 13.6. The zero-order chi connectivity index (χ0) is 15.1. The van der Waals surface area contributed by atoms with Crippen molar-refractivity contribution in [1.29, 1.82) is 0 Å². The number of likely N-dealkylation sites (N-methyl/N-ethyl adjacent to an activating group) is 2. The first-order valence-electron chi connectivity index (χ1n) is 8.51. The maximum absolute atomic E-state index is 12.6. The molecule has 1 heterocycles. The first-order chi connectivity index (χ1) is 10.2. The van der Waals surface area contributed by atoms with E-state index in [1.807, 2.05) is 7.05 Å². The van der Waals surface area contributed by atoms with Crippen molar-refractivity contribution in [1.82, 2.24) is 15.1 Å². The summed E-state index contributed by atoms with van der Waals surface area (Å²) in [5.41, 5.74) is 0. The molecule has 5 heteroatoms. The highest BCUT2D eigenvalue weighted by atomic mass is 16.5. The first-order valence-corrected chi connectivity index (χ1v) is 8.51. The molecule has 122 valence electrons. The van der Waals surface area contributed by atoms with Crippen molar-refractivity contribution >= 4 is 5.91 Å². The maximum atomic E-state index is 12.6. The van der Waals surface area contributed by atoms with Crippen molar-refractivity contribution in [3.05, 3.63) is 0 Å². The van der Waals surface area contributed by atoms with Crippen LogP contribution in [0.25, 0.3) is 0 Å². The molecule has 0 aromatic carbocycles. The molecule has 1 N–H and O–H groups in total. The van der Waals surface area contributed by atoms with E-state index in [-0.39, 0.29) is 12.0 Å². The Morgan fingerprint density at radius 2 is 2.05 bits per heavy atom. The molecule has 1 aliphatic heterocycles. The van der Waals surface area contributed by atoms with E-state index in [0.29, 0.717) is 12.6 Å². The summed E-state index contributed by atoms with van der Waals surface area (Å²) >= 11 is 0. The van der Waals surface area contributed by atoms with Crippen molar-refractivity contribution < 1.29 is 9.53 Å². The average Bonchev–Trinajstić information content (AvgIpc) is 2.50. The van der Waals surface area contributed by atoms with Crippen molar-refractivity contribution in [3.63, 3.8) is 0 Å². The van der Waals surface area contributed by atoms with E-state index < -0.39 is 0 Å². The quantitative estimate of drug-likeness (QED) is 0.797. The van der Waals surface area contributed by atoms with Crippen LogP contribution in [0.2, 0.25) is 0 Å². The van der Waals surface area contributed by atoms with Gasteiger partial charge in [-0.25, -0.2) is 0 Å². The Labute approximate surface area is 129 Å². The van der Waals surface area contributed by atoms with Crippen molar-refractivity contribution in [2.75, 3.05) is 46.4 Å². The summed E-state index contributed by atoms with van der Waals surface area (Å²) < 4.78 is 5.70. The van der Waals surface area contributed by atoms with E-state index in [0.717, 1.165) is 32.8 Å². The number of nitrogens with one attached hydrogen (secondary N) is 1. The van der Waals surface area contributed by atoms with Gasteiger partial charge in [0.1, 0.15) is 0 Å². The van der Waals surface area contributed by atoms with Crippen molar-refractivity contribution in [2.24, 2.45) is 0 Å². The number of hydrogen-bond donors (Lipinski definition) is 1. The lowest BCUT2D eigenvalue weighted by Gasteiger charge is -2.35. The highest BCUT2D eigenvalue weighted by Gasteiger charge is 2.25. The van der Waals surface area contributed by atoms with Crippen LogP contribution < -0.4 is 5.32 Å². The molecule has 1 saturated heterocycles. The zero-order valence-corrected chi connectivity index (χ0v) is 13.6. The first kappa shape index (κ1) is 16.7. The van der Waals surface area contributed by atoms with Crippen LogP contribution >= 0.6 is 0 Å². The van der Waals surface area contributed by atoms with Crippen LogP contribution in [0.1, 0.15) is 39.0 Å². The van der Waals surface area contributed by atoms with Gasteiger partial charge in [0.05, 0.1) is 19.3 Å². The predicted octanol–water partition coefficient (Wildman–Crippen LogP) is 1.09. The average molecular weight is 297 g/mol. The number of carbonyl (C=O) groups is 1. The molecule has 2 fully saturated rings. The molecule has 5 nitrogen and oxygen atoms in total. The lowest BCUT2D eigenvalue weighted by Crippen LogP contribution is -2.49. The van der Waals surface area contributed by atoms with Crippen molar-refractivity contribution in [3.8, 4) is 0 Å². The topological polar surface area (TPSA) is 44.8 Å². The standard InChI is InChI=1S/C16H31N3O2/c1-3-19(14-7-5-4-6-8-14)16(20)13-18(2)12-15-11-17-9-10-21-15/h14-15,17H,3-13H2,1-2H3. The van der Waals surface area contributed by atoms with Crippen LogP contribution in [-0.2, 0) is 9.53 Å². The minimum Gasteiger partial charge on any atom is -0.374 e. The summed E-state index contributed by atoms with van der Waals surface area (Å²) in [6.45, 7) is 6.85. The molecule has 2 aliphatic rings. The molecule has 1 aliphatic carbocycles. The molecule has 1 unspecified atom stereocenters. The highest BCUT2D eigenvalue weighted by Crippen LogP contribution is 2.22. The molecule has 1 saturated carbocycles. The third-order valence-corrected chi connectivity index (χ3v) is 4.60. The summed E-state index contributed by atoms with van der Waals surface area (Å²) in [7, 11) is 2.02. The number of ether oxygens (including phenoxy) is 1. The van der Waals surface area contributed by atoms with Crippen LogP contribution in [0.3, 0.4) is 0 Å². The smallest absolute Gasteiger partial charge is 0.236 e. The predicted molar refractivity (Wildman–Crippen MR) is 84.4 cm³/mol. The molecule has 0 spiro atoms. The van der Waals surface area contributed by atoms with E-state index in [1.54, 1.807) is 0 Å². The minimum absolute atomic E-state index is 0.210. The number of morpholine rings is 1. The van der Waals surface area contributed by atoms with Gasteiger partial charge >= 0.3 is 0 Å². The number of amides is 1. The van der Waals surface area contributed by atoms with Gasteiger partial charge in [0.15, 0.2) is 0 Å². The summed E-state index contributed by atoms with van der Waals surface area (Å²) in [5, 5.41) is 3.33. The molecule has 1 amide bonds. The Kier molecular flexibility index (Phi) is 6.93. The van der Waals surface area contributed by atoms with Crippen LogP contribution in [0.5, 0.6) is 0 Å². The Hall–Kier alpha value is -0.650. The van der Waals surface area contributed by atoms with Gasteiger partial charge in [-0.3, -0.25) is 9.69 Å². The fraction of sp³-hybridized carbons (Fsp3) is 0.938. The second-order valence-corrected chi connectivity index (χ2v) is 6.37. The van der Waals surface area contributed by atoms with Gasteiger partial charge in [-0.05, 0) is 26.8 Å². The maximum Gasteiger partial charge on any atom is 0.236 e. The molecule has 2 rings (SSSR count). The van der Waals surface area contributed by atoms with E-state index >= 15 is 0 Å². The van der Waals surface area contributed by atoms with E-state index in [2.05, 4.69) is 22.0 Å². The minimum atomic E-state index is 0.210. The molecular weight excluding hydrogens is 266 g/mol. The van der Waals surface area contributed by atoms with E-state index in [1.165, 1.54) is 32.1 Å². The van der Waals surface area contributed by atoms with Crippen molar-refractivity contribution in [2.45, 2.75) is 51.2 Å².